The summed E-state index contributed by atoms with van der Waals surface area (Å²) in [6.45, 7) is 3.56. The van der Waals surface area contributed by atoms with Gasteiger partial charge in [-0.2, -0.15) is 0 Å². The zero-order valence-corrected chi connectivity index (χ0v) is 14.0. The molecule has 1 aromatic rings. The largest absolute Gasteiger partial charge is 0.349 e. The molecule has 1 aliphatic rings. The first-order valence-corrected chi connectivity index (χ1v) is 7.82. The molecule has 0 unspecified atom stereocenters. The maximum absolute atomic E-state index is 12.0. The Hall–Kier alpha value is -1.00. The van der Waals surface area contributed by atoms with Gasteiger partial charge < -0.3 is 15.2 Å². The van der Waals surface area contributed by atoms with E-state index in [1.165, 1.54) is 38.5 Å². The maximum atomic E-state index is 12.0. The molecule has 0 aromatic carbocycles. The Morgan fingerprint density at radius 1 is 1.19 bits per heavy atom. The lowest BCUT2D eigenvalue weighted by Crippen LogP contribution is -2.37. The summed E-state index contributed by atoms with van der Waals surface area (Å²) in [4.78, 5) is 12.0. The number of nitrogens with zero attached hydrogens (tertiary/aromatic N) is 1. The predicted molar refractivity (Wildman–Crippen MR) is 89.2 cm³/mol. The van der Waals surface area contributed by atoms with Gasteiger partial charge in [0.1, 0.15) is 5.69 Å². The van der Waals surface area contributed by atoms with E-state index in [9.17, 15) is 4.79 Å². The van der Waals surface area contributed by atoms with Crippen LogP contribution in [0.25, 0.3) is 0 Å². The molecule has 0 radical (unpaired) electrons. The van der Waals surface area contributed by atoms with Crippen LogP contribution in [0, 0.1) is 6.92 Å². The molecule has 1 amide bonds. The standard InChI is InChI=1S/C16H27N3O.ClH/c1-13-9-10-15(19(13)2)16(20)18-12-11-17-14-7-5-3-4-6-8-14;/h9-10,14,17H,3-8,11-12H2,1-2H3,(H,18,20);1H. The van der Waals surface area contributed by atoms with Crippen molar-refractivity contribution in [2.24, 2.45) is 7.05 Å². The smallest absolute Gasteiger partial charge is 0.267 e. The highest BCUT2D eigenvalue weighted by atomic mass is 35.5. The average molecular weight is 314 g/mol. The van der Waals surface area contributed by atoms with E-state index in [2.05, 4.69) is 10.6 Å². The molecule has 5 heteroatoms. The van der Waals surface area contributed by atoms with Crippen molar-refractivity contribution in [3.05, 3.63) is 23.5 Å². The number of rotatable bonds is 5. The van der Waals surface area contributed by atoms with Crippen LogP contribution >= 0.6 is 12.4 Å². The molecule has 120 valence electrons. The molecule has 1 heterocycles. The molecule has 0 bridgehead atoms. The van der Waals surface area contributed by atoms with E-state index in [1.54, 1.807) is 0 Å². The van der Waals surface area contributed by atoms with Gasteiger partial charge in [0.15, 0.2) is 0 Å². The van der Waals surface area contributed by atoms with Crippen LogP contribution in [0.3, 0.4) is 0 Å². The summed E-state index contributed by atoms with van der Waals surface area (Å²) < 4.78 is 1.92. The fourth-order valence-electron chi connectivity index (χ4n) is 2.87. The summed E-state index contributed by atoms with van der Waals surface area (Å²) in [6, 6.07) is 4.49. The molecule has 1 saturated carbocycles. The van der Waals surface area contributed by atoms with Gasteiger partial charge in [-0.05, 0) is 31.9 Å². The topological polar surface area (TPSA) is 46.1 Å². The Morgan fingerprint density at radius 2 is 1.86 bits per heavy atom. The zero-order chi connectivity index (χ0) is 14.4. The van der Waals surface area contributed by atoms with Crippen LogP contribution in [-0.4, -0.2) is 29.6 Å². The predicted octanol–water partition coefficient (Wildman–Crippen LogP) is 2.80. The number of hydrogen-bond donors (Lipinski definition) is 2. The monoisotopic (exact) mass is 313 g/mol. The Kier molecular flexibility index (Phi) is 7.83. The van der Waals surface area contributed by atoms with Crippen LogP contribution in [0.2, 0.25) is 0 Å². The number of hydrogen-bond acceptors (Lipinski definition) is 2. The van der Waals surface area contributed by atoms with Crippen LogP contribution in [0.5, 0.6) is 0 Å². The van der Waals surface area contributed by atoms with E-state index in [-0.39, 0.29) is 18.3 Å². The summed E-state index contributed by atoms with van der Waals surface area (Å²) in [5, 5.41) is 6.55. The molecular weight excluding hydrogens is 286 g/mol. The fourth-order valence-corrected chi connectivity index (χ4v) is 2.87. The average Bonchev–Trinajstić information content (AvgIpc) is 2.67. The molecule has 1 aliphatic carbocycles. The molecule has 1 aromatic heterocycles. The van der Waals surface area contributed by atoms with Crippen molar-refractivity contribution in [1.29, 1.82) is 0 Å². The lowest BCUT2D eigenvalue weighted by Gasteiger charge is -2.16. The number of aryl methyl sites for hydroxylation is 1. The molecule has 2 rings (SSSR count). The molecule has 1 fully saturated rings. The Labute approximate surface area is 134 Å². The summed E-state index contributed by atoms with van der Waals surface area (Å²) >= 11 is 0. The molecule has 0 atom stereocenters. The first-order chi connectivity index (χ1) is 9.68. The van der Waals surface area contributed by atoms with Crippen LogP contribution in [0.4, 0.5) is 0 Å². The number of nitrogens with one attached hydrogen (secondary N) is 2. The summed E-state index contributed by atoms with van der Waals surface area (Å²) in [5.41, 5.74) is 1.84. The van der Waals surface area contributed by atoms with Gasteiger partial charge in [0, 0.05) is 31.9 Å². The highest BCUT2D eigenvalue weighted by Crippen LogP contribution is 2.16. The second-order valence-electron chi connectivity index (χ2n) is 5.82. The normalized spacial score (nSPS) is 16.1. The third-order valence-electron chi connectivity index (χ3n) is 4.30. The second kappa shape index (κ2) is 9.11. The number of carbonyl (C=O) groups excluding carboxylic acids is 1. The van der Waals surface area contributed by atoms with E-state index in [0.29, 0.717) is 12.6 Å². The molecular formula is C16H28ClN3O. The van der Waals surface area contributed by atoms with Gasteiger partial charge in [-0.15, -0.1) is 12.4 Å². The Bertz CT molecular complexity index is 437. The molecule has 4 nitrogen and oxygen atoms in total. The van der Waals surface area contributed by atoms with E-state index in [0.717, 1.165) is 17.9 Å². The van der Waals surface area contributed by atoms with E-state index in [4.69, 9.17) is 0 Å². The van der Waals surface area contributed by atoms with Crippen LogP contribution in [0.15, 0.2) is 12.1 Å². The van der Waals surface area contributed by atoms with Gasteiger partial charge in [0.25, 0.3) is 5.91 Å². The number of amides is 1. The van der Waals surface area contributed by atoms with Gasteiger partial charge in [-0.1, -0.05) is 25.7 Å². The summed E-state index contributed by atoms with van der Waals surface area (Å²) in [6.07, 6.45) is 8.00. The Morgan fingerprint density at radius 3 is 2.43 bits per heavy atom. The highest BCUT2D eigenvalue weighted by Gasteiger charge is 2.12. The third-order valence-corrected chi connectivity index (χ3v) is 4.30. The number of halogens is 1. The number of aromatic nitrogens is 1. The minimum Gasteiger partial charge on any atom is -0.349 e. The molecule has 2 N–H and O–H groups in total. The van der Waals surface area contributed by atoms with Crippen molar-refractivity contribution in [2.45, 2.75) is 51.5 Å². The minimum atomic E-state index is 0. The van der Waals surface area contributed by atoms with Gasteiger partial charge in [0.05, 0.1) is 0 Å². The van der Waals surface area contributed by atoms with Crippen LogP contribution in [0.1, 0.15) is 54.7 Å². The lowest BCUT2D eigenvalue weighted by molar-refractivity contribution is 0.0945. The minimum absolute atomic E-state index is 0. The molecule has 0 saturated heterocycles. The van der Waals surface area contributed by atoms with E-state index < -0.39 is 0 Å². The van der Waals surface area contributed by atoms with Gasteiger partial charge in [0.2, 0.25) is 0 Å². The molecule has 21 heavy (non-hydrogen) atoms. The van der Waals surface area contributed by atoms with Crippen molar-refractivity contribution in [3.63, 3.8) is 0 Å². The quantitative estimate of drug-likeness (QED) is 0.648. The van der Waals surface area contributed by atoms with Crippen molar-refractivity contribution in [2.75, 3.05) is 13.1 Å². The Balaban J connectivity index is 0.00000220. The maximum Gasteiger partial charge on any atom is 0.267 e. The van der Waals surface area contributed by atoms with Gasteiger partial charge in [-0.25, -0.2) is 0 Å². The van der Waals surface area contributed by atoms with Gasteiger partial charge in [-0.3, -0.25) is 4.79 Å². The van der Waals surface area contributed by atoms with Crippen molar-refractivity contribution in [1.82, 2.24) is 15.2 Å². The second-order valence-corrected chi connectivity index (χ2v) is 5.82. The molecule has 0 aliphatic heterocycles. The third kappa shape index (κ3) is 5.36. The van der Waals surface area contributed by atoms with Gasteiger partial charge >= 0.3 is 0 Å². The van der Waals surface area contributed by atoms with Crippen LogP contribution < -0.4 is 10.6 Å². The van der Waals surface area contributed by atoms with Crippen molar-refractivity contribution in [3.8, 4) is 0 Å². The van der Waals surface area contributed by atoms with E-state index in [1.807, 2.05) is 30.7 Å². The van der Waals surface area contributed by atoms with Crippen molar-refractivity contribution >= 4 is 18.3 Å². The fraction of sp³-hybridized carbons (Fsp3) is 0.688. The first-order valence-electron chi connectivity index (χ1n) is 7.82. The SMILES string of the molecule is Cc1ccc(C(=O)NCCNC2CCCCCC2)n1C.Cl. The lowest BCUT2D eigenvalue weighted by atomic mass is 10.1. The van der Waals surface area contributed by atoms with Crippen molar-refractivity contribution < 1.29 is 4.79 Å². The summed E-state index contributed by atoms with van der Waals surface area (Å²) in [5.74, 6) is 0.0169. The first kappa shape index (κ1) is 18.1. The highest BCUT2D eigenvalue weighted by molar-refractivity contribution is 5.92. The van der Waals surface area contributed by atoms with Crippen LogP contribution in [-0.2, 0) is 7.05 Å². The zero-order valence-electron chi connectivity index (χ0n) is 13.2. The summed E-state index contributed by atoms with van der Waals surface area (Å²) in [7, 11) is 1.92. The number of carbonyl (C=O) groups is 1. The molecule has 0 spiro atoms. The van der Waals surface area contributed by atoms with E-state index >= 15 is 0 Å².